The van der Waals surface area contributed by atoms with Crippen LogP contribution < -0.4 is 10.6 Å². The second kappa shape index (κ2) is 12.0. The van der Waals surface area contributed by atoms with E-state index in [-0.39, 0.29) is 11.8 Å². The molecular formula is C36H39N5O4. The molecule has 3 N–H and O–H groups in total. The molecule has 2 aliphatic carbocycles. The first kappa shape index (κ1) is 29.1. The molecule has 9 nitrogen and oxygen atoms in total. The Morgan fingerprint density at radius 2 is 1.71 bits per heavy atom. The highest BCUT2D eigenvalue weighted by Crippen LogP contribution is 2.45. The van der Waals surface area contributed by atoms with Crippen molar-refractivity contribution in [1.29, 1.82) is 0 Å². The molecule has 0 bridgehead atoms. The number of anilines is 1. The van der Waals surface area contributed by atoms with Crippen LogP contribution in [0.2, 0.25) is 0 Å². The molecule has 2 amide bonds. The second-order valence-electron chi connectivity index (χ2n) is 12.8. The third-order valence-corrected chi connectivity index (χ3v) is 9.92. The molecule has 232 valence electrons. The zero-order valence-corrected chi connectivity index (χ0v) is 25.4. The van der Waals surface area contributed by atoms with Crippen molar-refractivity contribution in [2.75, 3.05) is 5.32 Å². The molecule has 2 saturated carbocycles. The van der Waals surface area contributed by atoms with Crippen LogP contribution in [-0.2, 0) is 22.7 Å². The number of aromatic nitrogens is 3. The largest absolute Gasteiger partial charge is 0.478 e. The maximum atomic E-state index is 13.9. The fourth-order valence-electron chi connectivity index (χ4n) is 7.67. The van der Waals surface area contributed by atoms with E-state index in [1.807, 2.05) is 18.3 Å². The van der Waals surface area contributed by atoms with Gasteiger partial charge in [-0.3, -0.25) is 9.59 Å². The van der Waals surface area contributed by atoms with Gasteiger partial charge in [-0.05, 0) is 79.5 Å². The van der Waals surface area contributed by atoms with E-state index in [1.165, 1.54) is 54.8 Å². The summed E-state index contributed by atoms with van der Waals surface area (Å²) in [5.74, 6) is 0.00442. The first-order valence-corrected chi connectivity index (χ1v) is 16.2. The molecule has 0 atom stereocenters. The average Bonchev–Trinajstić information content (AvgIpc) is 3.77. The lowest BCUT2D eigenvalue weighted by atomic mass is 9.82. The quantitative estimate of drug-likeness (QED) is 0.202. The molecule has 2 aromatic heterocycles. The third kappa shape index (κ3) is 5.56. The summed E-state index contributed by atoms with van der Waals surface area (Å²) in [7, 11) is 0. The molecule has 3 aliphatic rings. The fourth-order valence-corrected chi connectivity index (χ4v) is 7.67. The molecule has 2 aromatic carbocycles. The van der Waals surface area contributed by atoms with Crippen LogP contribution in [0.25, 0.3) is 28.5 Å². The number of carbonyl (C=O) groups excluding carboxylic acids is 2. The van der Waals surface area contributed by atoms with Crippen molar-refractivity contribution in [2.24, 2.45) is 0 Å². The van der Waals surface area contributed by atoms with Crippen LogP contribution in [0.1, 0.15) is 91.6 Å². The van der Waals surface area contributed by atoms with Crippen molar-refractivity contribution < 1.29 is 19.5 Å². The number of hydrogen-bond acceptors (Lipinski definition) is 4. The number of benzene rings is 2. The molecule has 0 saturated heterocycles. The highest BCUT2D eigenvalue weighted by molar-refractivity contribution is 6.05. The minimum Gasteiger partial charge on any atom is -0.478 e. The Morgan fingerprint density at radius 1 is 0.933 bits per heavy atom. The van der Waals surface area contributed by atoms with Crippen molar-refractivity contribution in [3.8, 4) is 11.5 Å². The second-order valence-corrected chi connectivity index (χ2v) is 12.8. The number of rotatable bonds is 7. The Hall–Kier alpha value is -4.66. The van der Waals surface area contributed by atoms with Gasteiger partial charge in [-0.25, -0.2) is 9.78 Å². The predicted molar refractivity (Wildman–Crippen MR) is 174 cm³/mol. The Bertz CT molecular complexity index is 1790. The van der Waals surface area contributed by atoms with Gasteiger partial charge in [-0.1, -0.05) is 50.3 Å². The molecule has 9 heteroatoms. The number of carboxylic acids is 1. The number of fused-ring (bicyclic) bond motifs is 5. The summed E-state index contributed by atoms with van der Waals surface area (Å²) in [6, 6.07) is 13.0. The molecule has 0 unspecified atom stereocenters. The summed E-state index contributed by atoms with van der Waals surface area (Å²) in [5, 5.41) is 16.2. The number of carbonyl (C=O) groups is 3. The summed E-state index contributed by atoms with van der Waals surface area (Å²) in [6.07, 6.45) is 16.5. The topological polar surface area (TPSA) is 118 Å². The number of aliphatic carboxylic acids is 1. The number of amides is 2. The van der Waals surface area contributed by atoms with Crippen molar-refractivity contribution in [3.63, 3.8) is 0 Å². The highest BCUT2D eigenvalue weighted by Gasteiger charge is 2.43. The number of hydrogen-bond donors (Lipinski definition) is 3. The lowest BCUT2D eigenvalue weighted by molar-refractivity contribution is -0.131. The van der Waals surface area contributed by atoms with Gasteiger partial charge < -0.3 is 24.9 Å². The van der Waals surface area contributed by atoms with E-state index in [2.05, 4.69) is 32.0 Å². The van der Waals surface area contributed by atoms with Crippen molar-refractivity contribution in [2.45, 2.75) is 88.8 Å². The number of imidazole rings is 1. The van der Waals surface area contributed by atoms with Crippen LogP contribution in [-0.4, -0.2) is 42.5 Å². The van der Waals surface area contributed by atoms with Gasteiger partial charge in [0, 0.05) is 53.7 Å². The fraction of sp³-hybridized carbons (Fsp3) is 0.389. The Balaban J connectivity index is 1.18. The van der Waals surface area contributed by atoms with E-state index in [9.17, 15) is 14.4 Å². The lowest BCUT2D eigenvalue weighted by Gasteiger charge is -2.29. The normalized spacial score (nSPS) is 18.0. The first-order chi connectivity index (χ1) is 21.9. The summed E-state index contributed by atoms with van der Waals surface area (Å²) in [5.41, 5.74) is 4.51. The van der Waals surface area contributed by atoms with Crippen LogP contribution in [0.4, 0.5) is 5.69 Å². The van der Waals surface area contributed by atoms with Crippen LogP contribution in [0.5, 0.6) is 0 Å². The molecule has 3 heterocycles. The van der Waals surface area contributed by atoms with Crippen LogP contribution >= 0.6 is 0 Å². The Morgan fingerprint density at radius 3 is 2.47 bits per heavy atom. The van der Waals surface area contributed by atoms with Crippen molar-refractivity contribution >= 4 is 40.4 Å². The van der Waals surface area contributed by atoms with Crippen molar-refractivity contribution in [3.05, 3.63) is 77.6 Å². The predicted octanol–water partition coefficient (Wildman–Crippen LogP) is 6.74. The van der Waals surface area contributed by atoms with E-state index in [1.54, 1.807) is 24.3 Å². The van der Waals surface area contributed by atoms with E-state index in [0.29, 0.717) is 35.6 Å². The maximum absolute atomic E-state index is 13.9. The smallest absolute Gasteiger partial charge is 0.328 e. The summed E-state index contributed by atoms with van der Waals surface area (Å²) in [4.78, 5) is 43.2. The van der Waals surface area contributed by atoms with E-state index >= 15 is 0 Å². The summed E-state index contributed by atoms with van der Waals surface area (Å²) < 4.78 is 4.65. The summed E-state index contributed by atoms with van der Waals surface area (Å²) in [6.45, 7) is 1.78. The SMILES string of the molecule is O=C(O)C=Cc1ccc(NC(=O)C2(NC(=O)c3ccc4c(C5CCCCC5)c5n(c4c3)CCCn3ccnc3-5)CCCC2)cc1. The number of aryl methyl sites for hydroxylation is 2. The van der Waals surface area contributed by atoms with E-state index < -0.39 is 11.5 Å². The van der Waals surface area contributed by atoms with Gasteiger partial charge in [-0.15, -0.1) is 0 Å². The van der Waals surface area contributed by atoms with Gasteiger partial charge in [0.2, 0.25) is 5.91 Å². The zero-order valence-electron chi connectivity index (χ0n) is 25.4. The molecule has 7 rings (SSSR count). The third-order valence-electron chi connectivity index (χ3n) is 9.92. The Kier molecular flexibility index (Phi) is 7.77. The van der Waals surface area contributed by atoms with E-state index in [0.717, 1.165) is 49.8 Å². The lowest BCUT2D eigenvalue weighted by Crippen LogP contribution is -2.55. The number of carboxylic acid groups (broad SMARTS) is 1. The Labute approximate surface area is 262 Å². The average molecular weight is 606 g/mol. The van der Waals surface area contributed by atoms with Gasteiger partial charge in [0.15, 0.2) is 5.82 Å². The van der Waals surface area contributed by atoms with Gasteiger partial charge in [-0.2, -0.15) is 0 Å². The molecule has 4 aromatic rings. The van der Waals surface area contributed by atoms with E-state index in [4.69, 9.17) is 10.1 Å². The minimum absolute atomic E-state index is 0.230. The molecular weight excluding hydrogens is 566 g/mol. The van der Waals surface area contributed by atoms with Crippen molar-refractivity contribution in [1.82, 2.24) is 19.4 Å². The summed E-state index contributed by atoms with van der Waals surface area (Å²) >= 11 is 0. The maximum Gasteiger partial charge on any atom is 0.328 e. The van der Waals surface area contributed by atoms with Gasteiger partial charge in [0.1, 0.15) is 5.54 Å². The minimum atomic E-state index is -1.02. The first-order valence-electron chi connectivity index (χ1n) is 16.2. The monoisotopic (exact) mass is 605 g/mol. The molecule has 45 heavy (non-hydrogen) atoms. The number of nitrogens with one attached hydrogen (secondary N) is 2. The number of nitrogens with zero attached hydrogens (tertiary/aromatic N) is 3. The van der Waals surface area contributed by atoms with Crippen LogP contribution in [0.15, 0.2) is 60.9 Å². The molecule has 1 aliphatic heterocycles. The van der Waals surface area contributed by atoms with Crippen LogP contribution in [0.3, 0.4) is 0 Å². The highest BCUT2D eigenvalue weighted by atomic mass is 16.4. The van der Waals surface area contributed by atoms with Gasteiger partial charge in [0.05, 0.1) is 5.69 Å². The molecule has 0 spiro atoms. The molecule has 0 radical (unpaired) electrons. The van der Waals surface area contributed by atoms with Gasteiger partial charge >= 0.3 is 5.97 Å². The standard InChI is InChI=1S/C36H39N5O4/c42-30(43)16-11-24-9-13-27(14-10-24)38-35(45)36(17-4-5-18-36)39-34(44)26-12-15-28-29(23-26)41-21-6-20-40-22-19-37-33(40)32(41)31(28)25-7-2-1-3-8-25/h9-16,19,22-23,25H,1-8,17-18,20-21H2,(H,38,45)(H,39,44)(H,42,43). The zero-order chi connectivity index (χ0) is 31.0. The van der Waals surface area contributed by atoms with Gasteiger partial charge in [0.25, 0.3) is 5.91 Å². The molecule has 2 fully saturated rings. The van der Waals surface area contributed by atoms with Crippen LogP contribution in [0, 0.1) is 0 Å².